The van der Waals surface area contributed by atoms with Crippen molar-refractivity contribution in [3.8, 4) is 0 Å². The first-order chi connectivity index (χ1) is 7.93. The van der Waals surface area contributed by atoms with Gasteiger partial charge < -0.3 is 44.2 Å². The van der Waals surface area contributed by atoms with Gasteiger partial charge in [0.2, 0.25) is 0 Å². The molecule has 0 spiro atoms. The van der Waals surface area contributed by atoms with Crippen molar-refractivity contribution in [1.29, 1.82) is 0 Å². The second kappa shape index (κ2) is 17.6. The third-order valence-electron chi connectivity index (χ3n) is 1.08. The van der Waals surface area contributed by atoms with Crippen molar-refractivity contribution in [1.82, 2.24) is 0 Å². The Morgan fingerprint density at radius 2 is 1.00 bits per heavy atom. The average Bonchev–Trinajstić information content (AvgIpc) is 2.14. The number of benzene rings is 1. The van der Waals surface area contributed by atoms with E-state index in [9.17, 15) is 0 Å². The van der Waals surface area contributed by atoms with Crippen LogP contribution in [0.5, 0.6) is 0 Å². The van der Waals surface area contributed by atoms with E-state index in [2.05, 4.69) is 0 Å². The average molecular weight is 493 g/mol. The smallest absolute Gasteiger partial charge is 0.822 e. The maximum Gasteiger partial charge on any atom is 2.00 e. The van der Waals surface area contributed by atoms with E-state index >= 15 is 0 Å². The minimum atomic E-state index is -5.39. The fourth-order valence-corrected chi connectivity index (χ4v) is 0.614. The van der Waals surface area contributed by atoms with Crippen LogP contribution in [0.25, 0.3) is 0 Å². The summed E-state index contributed by atoms with van der Waals surface area (Å²) in [4.78, 5) is 51.3. The first-order valence-electron chi connectivity index (χ1n) is 4.13. The predicted octanol–water partition coefficient (Wildman–Crippen LogP) is -4.51. The van der Waals surface area contributed by atoms with Crippen molar-refractivity contribution < 1.29 is 96.9 Å². The van der Waals surface area contributed by atoms with E-state index in [-0.39, 0.29) is 58.4 Å². The van der Waals surface area contributed by atoms with Gasteiger partial charge in [0.05, 0.1) is 0 Å². The van der Waals surface area contributed by atoms with Gasteiger partial charge in [0.15, 0.2) is 0 Å². The van der Waals surface area contributed by atoms with Crippen LogP contribution in [-0.4, -0.2) is 0 Å². The summed E-state index contributed by atoms with van der Waals surface area (Å²) in [6, 6.07) is 9.99. The van der Waals surface area contributed by atoms with Crippen molar-refractivity contribution in [3.63, 3.8) is 0 Å². The minimum Gasteiger partial charge on any atom is -0.822 e. The van der Waals surface area contributed by atoms with Crippen LogP contribution in [0.3, 0.4) is 0 Å². The van der Waals surface area contributed by atoms with Gasteiger partial charge in [-0.3, -0.25) is 0 Å². The predicted molar refractivity (Wildman–Crippen MR) is 49.5 cm³/mol. The van der Waals surface area contributed by atoms with E-state index in [1.165, 1.54) is 5.56 Å². The number of nitrogens with two attached hydrogens (primary N) is 1. The number of phosphoric acid groups is 2. The zero-order valence-electron chi connectivity index (χ0n) is 11.0. The van der Waals surface area contributed by atoms with Gasteiger partial charge in [-0.1, -0.05) is 30.3 Å². The summed E-state index contributed by atoms with van der Waals surface area (Å²) in [5.41, 5.74) is 6.54. The van der Waals surface area contributed by atoms with Gasteiger partial charge in [-0.25, -0.2) is 0 Å². The standard InChI is InChI=1S/C7H9N.2H3O4P.3Zn/c8-6-7-4-2-1-3-5-7;2*1-5(2,3)4;;;/h1-5H,6,8H2;2*(H3,1,2,3,4);;;/q;;;3*+2/p-6. The maximum atomic E-state index is 8.55. The first kappa shape index (κ1) is 33.8. The zero-order chi connectivity index (χ0) is 14.8. The topological polar surface area (TPSA) is 199 Å². The molecule has 0 aliphatic rings. The van der Waals surface area contributed by atoms with Crippen LogP contribution in [0.2, 0.25) is 0 Å². The second-order valence-corrected chi connectivity index (χ2v) is 4.37. The van der Waals surface area contributed by atoms with Gasteiger partial charge in [-0.2, -0.15) is 15.6 Å². The maximum absolute atomic E-state index is 8.55. The third-order valence-corrected chi connectivity index (χ3v) is 1.08. The quantitative estimate of drug-likeness (QED) is 0.296. The van der Waals surface area contributed by atoms with E-state index in [1.807, 2.05) is 30.3 Å². The molecule has 9 nitrogen and oxygen atoms in total. The molecule has 0 heterocycles. The Hall–Kier alpha value is 1.27. The molecule has 106 valence electrons. The number of hydrogen-bond donors (Lipinski definition) is 1. The molecule has 0 radical (unpaired) electrons. The van der Waals surface area contributed by atoms with Crippen LogP contribution < -0.4 is 35.1 Å². The van der Waals surface area contributed by atoms with E-state index in [1.54, 1.807) is 0 Å². The van der Waals surface area contributed by atoms with E-state index in [0.29, 0.717) is 6.54 Å². The fourth-order valence-electron chi connectivity index (χ4n) is 0.614. The molecule has 1 aromatic carbocycles. The van der Waals surface area contributed by atoms with Crippen LogP contribution in [-0.2, 0) is 74.1 Å². The Labute approximate surface area is 160 Å². The van der Waals surface area contributed by atoms with Crippen molar-refractivity contribution >= 4 is 15.6 Å². The minimum absolute atomic E-state index is 0. The molecule has 0 saturated heterocycles. The van der Waals surface area contributed by atoms with Gasteiger partial charge >= 0.3 is 58.4 Å². The molecule has 0 saturated carbocycles. The molecule has 0 aromatic heterocycles. The number of rotatable bonds is 1. The van der Waals surface area contributed by atoms with Gasteiger partial charge in [0.1, 0.15) is 0 Å². The molecule has 0 aliphatic heterocycles. The third kappa shape index (κ3) is 62.2. The van der Waals surface area contributed by atoms with Crippen LogP contribution in [0.1, 0.15) is 5.56 Å². The molecule has 21 heavy (non-hydrogen) atoms. The SMILES string of the molecule is NCc1ccccc1.O=P([O-])([O-])[O-].O=P([O-])([O-])[O-].[Zn+2].[Zn+2].[Zn+2]. The van der Waals surface area contributed by atoms with Gasteiger partial charge in [0.25, 0.3) is 0 Å². The summed E-state index contributed by atoms with van der Waals surface area (Å²) < 4.78 is 17.1. The summed E-state index contributed by atoms with van der Waals surface area (Å²) in [5.74, 6) is 0. The first-order valence-corrected chi connectivity index (χ1v) is 7.05. The van der Waals surface area contributed by atoms with Crippen molar-refractivity contribution in [2.24, 2.45) is 5.73 Å². The molecule has 0 aliphatic carbocycles. The number of hydrogen-bond acceptors (Lipinski definition) is 9. The molecular weight excluding hydrogens is 484 g/mol. The zero-order valence-corrected chi connectivity index (χ0v) is 21.6. The molecule has 0 amide bonds. The molecule has 2 N–H and O–H groups in total. The van der Waals surface area contributed by atoms with E-state index in [0.717, 1.165) is 0 Å². The molecule has 0 atom stereocenters. The molecule has 0 bridgehead atoms. The Bertz CT molecular complexity index is 375. The molecule has 14 heteroatoms. The molecule has 1 aromatic rings. The van der Waals surface area contributed by atoms with Crippen LogP contribution in [0, 0.1) is 0 Å². The van der Waals surface area contributed by atoms with Crippen molar-refractivity contribution in [2.45, 2.75) is 6.54 Å². The molecule has 0 unspecified atom stereocenters. The fraction of sp³-hybridized carbons (Fsp3) is 0.143. The van der Waals surface area contributed by atoms with Crippen molar-refractivity contribution in [3.05, 3.63) is 35.9 Å². The van der Waals surface area contributed by atoms with Gasteiger partial charge in [-0.15, -0.1) is 0 Å². The largest absolute Gasteiger partial charge is 2.00 e. The summed E-state index contributed by atoms with van der Waals surface area (Å²) >= 11 is 0. The normalized spacial score (nSPS) is 9.10. The second-order valence-electron chi connectivity index (χ2n) is 2.58. The van der Waals surface area contributed by atoms with E-state index in [4.69, 9.17) is 44.2 Å². The van der Waals surface area contributed by atoms with Gasteiger partial charge in [0, 0.05) is 6.54 Å². The Balaban J connectivity index is -0.0000000595. The Morgan fingerprint density at radius 1 is 0.762 bits per heavy atom. The summed E-state index contributed by atoms with van der Waals surface area (Å²) in [6.45, 7) is 0.640. The van der Waals surface area contributed by atoms with Crippen LogP contribution in [0.4, 0.5) is 0 Å². The van der Waals surface area contributed by atoms with E-state index < -0.39 is 15.6 Å². The van der Waals surface area contributed by atoms with Crippen molar-refractivity contribution in [2.75, 3.05) is 0 Å². The van der Waals surface area contributed by atoms with Crippen LogP contribution in [0.15, 0.2) is 30.3 Å². The molecule has 1 rings (SSSR count). The Kier molecular flexibility index (Phi) is 28.3. The summed E-state index contributed by atoms with van der Waals surface area (Å²) in [6.07, 6.45) is 0. The summed E-state index contributed by atoms with van der Waals surface area (Å²) in [7, 11) is -10.8. The van der Waals surface area contributed by atoms with Gasteiger partial charge in [-0.05, 0) is 5.56 Å². The summed E-state index contributed by atoms with van der Waals surface area (Å²) in [5, 5.41) is 0. The molecule has 0 fully saturated rings. The monoisotopic (exact) mass is 489 g/mol. The Morgan fingerprint density at radius 3 is 1.14 bits per heavy atom. The molecular formula is C7H9NO8P2Zn3. The van der Waals surface area contributed by atoms with Crippen LogP contribution >= 0.6 is 15.6 Å².